The van der Waals surface area contributed by atoms with Gasteiger partial charge < -0.3 is 5.11 Å². The lowest BCUT2D eigenvalue weighted by atomic mass is 9.99. The summed E-state index contributed by atoms with van der Waals surface area (Å²) in [5, 5.41) is 10.3. The highest BCUT2D eigenvalue weighted by Crippen LogP contribution is 2.23. The van der Waals surface area contributed by atoms with Crippen LogP contribution in [-0.2, 0) is 6.42 Å². The van der Waals surface area contributed by atoms with E-state index >= 15 is 0 Å². The van der Waals surface area contributed by atoms with Crippen molar-refractivity contribution >= 4 is 16.9 Å². The third kappa shape index (κ3) is 3.81. The first-order chi connectivity index (χ1) is 10.1. The minimum absolute atomic E-state index is 0.153. The number of para-hydroxylation sites is 1. The van der Waals surface area contributed by atoms with Gasteiger partial charge in [0.05, 0.1) is 5.52 Å². The molecule has 1 aromatic heterocycles. The number of aromatic carboxylic acids is 1. The van der Waals surface area contributed by atoms with Gasteiger partial charge in [-0.05, 0) is 37.0 Å². The largest absolute Gasteiger partial charge is 0.477 e. The quantitative estimate of drug-likeness (QED) is 0.746. The minimum atomic E-state index is -0.951. The van der Waals surface area contributed by atoms with E-state index in [1.54, 1.807) is 6.07 Å². The fourth-order valence-electron chi connectivity index (χ4n) is 2.70. The van der Waals surface area contributed by atoms with E-state index in [1.165, 1.54) is 25.7 Å². The number of carbonyl (C=O) groups is 1. The SMILES string of the molecule is CCCCCCCc1cc(C(=O)O)nc2c(C)cccc12. The summed E-state index contributed by atoms with van der Waals surface area (Å²) in [5.74, 6) is -0.951. The number of carboxylic acid groups (broad SMARTS) is 1. The zero-order valence-corrected chi connectivity index (χ0v) is 12.9. The Morgan fingerprint density at radius 3 is 2.67 bits per heavy atom. The highest BCUT2D eigenvalue weighted by Gasteiger charge is 2.11. The third-order valence-corrected chi connectivity index (χ3v) is 3.90. The topological polar surface area (TPSA) is 50.2 Å². The van der Waals surface area contributed by atoms with Crippen LogP contribution < -0.4 is 0 Å². The molecule has 112 valence electrons. The molecule has 0 aliphatic rings. The van der Waals surface area contributed by atoms with Gasteiger partial charge in [0, 0.05) is 5.39 Å². The van der Waals surface area contributed by atoms with Crippen molar-refractivity contribution in [3.63, 3.8) is 0 Å². The molecule has 0 spiro atoms. The number of fused-ring (bicyclic) bond motifs is 1. The van der Waals surface area contributed by atoms with Crippen LogP contribution in [0.2, 0.25) is 0 Å². The van der Waals surface area contributed by atoms with Crippen LogP contribution in [0.15, 0.2) is 24.3 Å². The fraction of sp³-hybridized carbons (Fsp3) is 0.444. The van der Waals surface area contributed by atoms with E-state index in [0.717, 1.165) is 34.9 Å². The molecule has 0 atom stereocenters. The van der Waals surface area contributed by atoms with E-state index in [0.29, 0.717) is 0 Å². The van der Waals surface area contributed by atoms with Gasteiger partial charge in [-0.3, -0.25) is 0 Å². The number of unbranched alkanes of at least 4 members (excludes halogenated alkanes) is 4. The summed E-state index contributed by atoms with van der Waals surface area (Å²) >= 11 is 0. The molecule has 21 heavy (non-hydrogen) atoms. The highest BCUT2D eigenvalue weighted by molar-refractivity contribution is 5.92. The van der Waals surface area contributed by atoms with Gasteiger partial charge >= 0.3 is 5.97 Å². The van der Waals surface area contributed by atoms with E-state index in [4.69, 9.17) is 0 Å². The second-order valence-corrected chi connectivity index (χ2v) is 5.61. The Kier molecular flexibility index (Phi) is 5.32. The Morgan fingerprint density at radius 2 is 1.95 bits per heavy atom. The predicted molar refractivity (Wildman–Crippen MR) is 85.9 cm³/mol. The Hall–Kier alpha value is -1.90. The van der Waals surface area contributed by atoms with Crippen molar-refractivity contribution in [2.75, 3.05) is 0 Å². The summed E-state index contributed by atoms with van der Waals surface area (Å²) in [7, 11) is 0. The van der Waals surface area contributed by atoms with Crippen LogP contribution in [0, 0.1) is 6.92 Å². The summed E-state index contributed by atoms with van der Waals surface area (Å²) in [6.07, 6.45) is 6.99. The smallest absolute Gasteiger partial charge is 0.354 e. The average molecular weight is 285 g/mol. The van der Waals surface area contributed by atoms with Crippen LogP contribution in [0.25, 0.3) is 10.9 Å². The van der Waals surface area contributed by atoms with Gasteiger partial charge in [-0.2, -0.15) is 0 Å². The first kappa shape index (κ1) is 15.5. The molecule has 0 amide bonds. The second kappa shape index (κ2) is 7.21. The van der Waals surface area contributed by atoms with E-state index < -0.39 is 5.97 Å². The molecule has 0 bridgehead atoms. The van der Waals surface area contributed by atoms with Crippen LogP contribution in [0.1, 0.15) is 60.6 Å². The van der Waals surface area contributed by atoms with Crippen molar-refractivity contribution in [1.82, 2.24) is 4.98 Å². The standard InChI is InChI=1S/C18H23NO2/c1-3-4-5-6-7-10-14-12-16(18(20)21)19-17-13(2)9-8-11-15(14)17/h8-9,11-12H,3-7,10H2,1-2H3,(H,20,21). The Bertz CT molecular complexity index is 634. The lowest BCUT2D eigenvalue weighted by Gasteiger charge is -2.09. The third-order valence-electron chi connectivity index (χ3n) is 3.90. The maximum atomic E-state index is 11.3. The van der Waals surface area contributed by atoms with Crippen molar-refractivity contribution in [3.05, 3.63) is 41.1 Å². The van der Waals surface area contributed by atoms with Crippen molar-refractivity contribution in [3.8, 4) is 0 Å². The molecule has 1 heterocycles. The van der Waals surface area contributed by atoms with E-state index in [9.17, 15) is 9.90 Å². The maximum absolute atomic E-state index is 11.3. The molecule has 1 N–H and O–H groups in total. The molecule has 0 fully saturated rings. The predicted octanol–water partition coefficient (Wildman–Crippen LogP) is 4.75. The normalized spacial score (nSPS) is 11.0. The minimum Gasteiger partial charge on any atom is -0.477 e. The number of hydrogen-bond donors (Lipinski definition) is 1. The van der Waals surface area contributed by atoms with Crippen molar-refractivity contribution in [1.29, 1.82) is 0 Å². The molecule has 0 aliphatic heterocycles. The number of aromatic nitrogens is 1. The Labute approximate surface area is 126 Å². The Balaban J connectivity index is 2.28. The van der Waals surface area contributed by atoms with E-state index in [1.807, 2.05) is 25.1 Å². The van der Waals surface area contributed by atoms with Gasteiger partial charge in [-0.15, -0.1) is 0 Å². The van der Waals surface area contributed by atoms with Gasteiger partial charge in [0.2, 0.25) is 0 Å². The molecule has 0 aliphatic carbocycles. The highest BCUT2D eigenvalue weighted by atomic mass is 16.4. The number of hydrogen-bond acceptors (Lipinski definition) is 2. The number of aryl methyl sites for hydroxylation is 2. The molecule has 2 rings (SSSR count). The van der Waals surface area contributed by atoms with Crippen LogP contribution in [0.5, 0.6) is 0 Å². The Morgan fingerprint density at radius 1 is 1.19 bits per heavy atom. The van der Waals surface area contributed by atoms with Crippen LogP contribution in [-0.4, -0.2) is 16.1 Å². The fourth-order valence-corrected chi connectivity index (χ4v) is 2.70. The molecule has 0 unspecified atom stereocenters. The van der Waals surface area contributed by atoms with Gasteiger partial charge in [0.25, 0.3) is 0 Å². The lowest BCUT2D eigenvalue weighted by Crippen LogP contribution is -2.03. The number of nitrogens with zero attached hydrogens (tertiary/aromatic N) is 1. The molecule has 1 aromatic carbocycles. The zero-order chi connectivity index (χ0) is 15.2. The van der Waals surface area contributed by atoms with Crippen molar-refractivity contribution < 1.29 is 9.90 Å². The van der Waals surface area contributed by atoms with Crippen molar-refractivity contribution in [2.24, 2.45) is 0 Å². The van der Waals surface area contributed by atoms with E-state index in [-0.39, 0.29) is 5.69 Å². The molecular weight excluding hydrogens is 262 g/mol. The molecule has 0 saturated heterocycles. The average Bonchev–Trinajstić information content (AvgIpc) is 2.47. The first-order valence-corrected chi connectivity index (χ1v) is 7.76. The second-order valence-electron chi connectivity index (χ2n) is 5.61. The summed E-state index contributed by atoms with van der Waals surface area (Å²) in [6, 6.07) is 7.78. The lowest BCUT2D eigenvalue weighted by molar-refractivity contribution is 0.0691. The van der Waals surface area contributed by atoms with Gasteiger partial charge in [0.15, 0.2) is 0 Å². The monoisotopic (exact) mass is 285 g/mol. The number of carboxylic acids is 1. The zero-order valence-electron chi connectivity index (χ0n) is 12.9. The summed E-state index contributed by atoms with van der Waals surface area (Å²) in [5.41, 5.74) is 3.11. The van der Waals surface area contributed by atoms with E-state index in [2.05, 4.69) is 11.9 Å². The van der Waals surface area contributed by atoms with Crippen LogP contribution in [0.3, 0.4) is 0 Å². The summed E-state index contributed by atoms with van der Waals surface area (Å²) in [4.78, 5) is 15.6. The number of pyridine rings is 1. The number of rotatable bonds is 7. The molecule has 0 radical (unpaired) electrons. The van der Waals surface area contributed by atoms with Gasteiger partial charge in [-0.1, -0.05) is 50.8 Å². The van der Waals surface area contributed by atoms with Crippen LogP contribution >= 0.6 is 0 Å². The van der Waals surface area contributed by atoms with Crippen molar-refractivity contribution in [2.45, 2.75) is 52.4 Å². The van der Waals surface area contributed by atoms with Gasteiger partial charge in [-0.25, -0.2) is 9.78 Å². The molecule has 2 aromatic rings. The summed E-state index contributed by atoms with van der Waals surface area (Å²) in [6.45, 7) is 4.18. The first-order valence-electron chi connectivity index (χ1n) is 7.76. The number of benzene rings is 1. The van der Waals surface area contributed by atoms with Gasteiger partial charge in [0.1, 0.15) is 5.69 Å². The maximum Gasteiger partial charge on any atom is 0.354 e. The molecular formula is C18H23NO2. The molecule has 3 nitrogen and oxygen atoms in total. The molecule has 0 saturated carbocycles. The summed E-state index contributed by atoms with van der Waals surface area (Å²) < 4.78 is 0. The molecule has 3 heteroatoms. The van der Waals surface area contributed by atoms with Crippen LogP contribution in [0.4, 0.5) is 0 Å².